The molecule has 4 aliphatic carbocycles. The van der Waals surface area contributed by atoms with E-state index in [9.17, 15) is 15.0 Å². The molecule has 0 aromatic heterocycles. The molecule has 18 heavy (non-hydrogen) atoms. The summed E-state index contributed by atoms with van der Waals surface area (Å²) >= 11 is 0. The lowest BCUT2D eigenvalue weighted by atomic mass is 9.90. The van der Waals surface area contributed by atoms with Crippen molar-refractivity contribution in [1.82, 2.24) is 0 Å². The number of hydrogen-bond acceptors (Lipinski definition) is 4. The highest BCUT2D eigenvalue weighted by molar-refractivity contribution is 5.85. The van der Waals surface area contributed by atoms with E-state index < -0.39 is 11.9 Å². The van der Waals surface area contributed by atoms with Crippen LogP contribution in [0.3, 0.4) is 0 Å². The molecule has 4 nitrogen and oxygen atoms in total. The topological polar surface area (TPSA) is 66.8 Å². The van der Waals surface area contributed by atoms with Crippen LogP contribution in [0.25, 0.3) is 0 Å². The van der Waals surface area contributed by atoms with Gasteiger partial charge >= 0.3 is 0 Å². The zero-order valence-corrected chi connectivity index (χ0v) is 10.4. The number of rotatable bonds is 2. The minimum absolute atomic E-state index is 0.00953. The molecule has 0 aromatic carbocycles. The second-order valence-corrected chi connectivity index (χ2v) is 6.83. The SMILES string of the molecule is O=C1CC2CC(OC3(O)CC4CC(O)C3C4)C1C2. The van der Waals surface area contributed by atoms with Gasteiger partial charge in [-0.2, -0.15) is 0 Å². The first-order valence-electron chi connectivity index (χ1n) is 7.16. The second kappa shape index (κ2) is 3.56. The molecule has 4 heteroatoms. The van der Waals surface area contributed by atoms with E-state index in [1.807, 2.05) is 0 Å². The summed E-state index contributed by atoms with van der Waals surface area (Å²) in [6.07, 6.45) is 4.32. The molecule has 0 radical (unpaired) electrons. The predicted molar refractivity (Wildman–Crippen MR) is 62.5 cm³/mol. The summed E-state index contributed by atoms with van der Waals surface area (Å²) in [5.74, 6) is -0.128. The largest absolute Gasteiger partial charge is 0.393 e. The van der Waals surface area contributed by atoms with E-state index in [0.29, 0.717) is 30.5 Å². The Bertz CT molecular complexity index is 395. The Morgan fingerprint density at radius 1 is 1.17 bits per heavy atom. The Balaban J connectivity index is 1.51. The zero-order valence-electron chi connectivity index (χ0n) is 10.4. The number of aliphatic hydroxyl groups excluding tert-OH is 1. The van der Waals surface area contributed by atoms with Crippen LogP contribution in [0.5, 0.6) is 0 Å². The van der Waals surface area contributed by atoms with Crippen molar-refractivity contribution in [2.24, 2.45) is 23.7 Å². The van der Waals surface area contributed by atoms with Gasteiger partial charge in [0.05, 0.1) is 12.2 Å². The van der Waals surface area contributed by atoms with Crippen LogP contribution < -0.4 is 0 Å². The monoisotopic (exact) mass is 252 g/mol. The van der Waals surface area contributed by atoms with Crippen LogP contribution in [0.4, 0.5) is 0 Å². The van der Waals surface area contributed by atoms with Crippen LogP contribution in [-0.4, -0.2) is 34.0 Å². The number of fused-ring (bicyclic) bond motifs is 4. The minimum Gasteiger partial charge on any atom is -0.393 e. The average Bonchev–Trinajstić information content (AvgIpc) is 2.96. The summed E-state index contributed by atoms with van der Waals surface area (Å²) in [5.41, 5.74) is 0. The fourth-order valence-corrected chi connectivity index (χ4v) is 4.90. The van der Waals surface area contributed by atoms with E-state index in [2.05, 4.69) is 0 Å². The lowest BCUT2D eigenvalue weighted by molar-refractivity contribution is -0.274. The van der Waals surface area contributed by atoms with E-state index in [4.69, 9.17) is 4.74 Å². The minimum atomic E-state index is -1.17. The molecule has 0 aromatic rings. The highest BCUT2D eigenvalue weighted by Crippen LogP contribution is 2.54. The molecule has 2 N–H and O–H groups in total. The van der Waals surface area contributed by atoms with Gasteiger partial charge in [0.25, 0.3) is 0 Å². The summed E-state index contributed by atoms with van der Waals surface area (Å²) in [4.78, 5) is 11.7. The Kier molecular flexibility index (Phi) is 2.25. The molecular weight excluding hydrogens is 232 g/mol. The van der Waals surface area contributed by atoms with E-state index in [1.54, 1.807) is 0 Å². The van der Waals surface area contributed by atoms with Crippen LogP contribution in [-0.2, 0) is 9.53 Å². The van der Waals surface area contributed by atoms with Gasteiger partial charge in [-0.15, -0.1) is 0 Å². The molecule has 0 amide bonds. The highest BCUT2D eigenvalue weighted by Gasteiger charge is 2.58. The van der Waals surface area contributed by atoms with E-state index in [1.165, 1.54) is 0 Å². The quantitative estimate of drug-likeness (QED) is 0.715. The normalized spacial score (nSPS) is 57.8. The van der Waals surface area contributed by atoms with Gasteiger partial charge in [-0.25, -0.2) is 0 Å². The number of Topliss-reactive ketones (excluding diaryl/α,β-unsaturated/α-hetero) is 1. The van der Waals surface area contributed by atoms with Crippen molar-refractivity contribution in [3.05, 3.63) is 0 Å². The summed E-state index contributed by atoms with van der Waals surface area (Å²) in [5, 5.41) is 20.5. The number of ketones is 1. The van der Waals surface area contributed by atoms with Crippen LogP contribution in [0, 0.1) is 23.7 Å². The van der Waals surface area contributed by atoms with Crippen molar-refractivity contribution >= 4 is 5.78 Å². The van der Waals surface area contributed by atoms with E-state index in [-0.39, 0.29) is 17.9 Å². The third kappa shape index (κ3) is 1.46. The van der Waals surface area contributed by atoms with Gasteiger partial charge < -0.3 is 14.9 Å². The first-order valence-corrected chi connectivity index (χ1v) is 7.16. The van der Waals surface area contributed by atoms with Crippen molar-refractivity contribution in [3.8, 4) is 0 Å². The van der Waals surface area contributed by atoms with Crippen LogP contribution >= 0.6 is 0 Å². The molecule has 4 aliphatic rings. The summed E-state index contributed by atoms with van der Waals surface area (Å²) in [7, 11) is 0. The van der Waals surface area contributed by atoms with Crippen LogP contribution in [0.1, 0.15) is 38.5 Å². The summed E-state index contributed by atoms with van der Waals surface area (Å²) in [6, 6.07) is 0. The molecule has 4 rings (SSSR count). The maximum Gasteiger partial charge on any atom is 0.171 e. The molecule has 7 unspecified atom stereocenters. The molecule has 0 saturated heterocycles. The number of carbonyl (C=O) groups is 1. The maximum atomic E-state index is 11.7. The van der Waals surface area contributed by atoms with Crippen molar-refractivity contribution in [2.45, 2.75) is 56.5 Å². The maximum absolute atomic E-state index is 11.7. The Morgan fingerprint density at radius 2 is 2.00 bits per heavy atom. The third-order valence-corrected chi connectivity index (χ3v) is 5.65. The molecule has 100 valence electrons. The van der Waals surface area contributed by atoms with Gasteiger partial charge in [-0.1, -0.05) is 0 Å². The van der Waals surface area contributed by atoms with Gasteiger partial charge in [0.1, 0.15) is 5.78 Å². The highest BCUT2D eigenvalue weighted by atomic mass is 16.6. The van der Waals surface area contributed by atoms with Gasteiger partial charge in [-0.3, -0.25) is 4.79 Å². The standard InChI is InChI=1S/C14H20O4/c15-11-3-7-1-9(11)13(5-7)18-14(17)6-8-2-10(14)12(16)4-8/h7-10,12-13,16-17H,1-6H2. The smallest absolute Gasteiger partial charge is 0.171 e. The van der Waals surface area contributed by atoms with Crippen molar-refractivity contribution in [2.75, 3.05) is 0 Å². The fourth-order valence-electron chi connectivity index (χ4n) is 4.90. The van der Waals surface area contributed by atoms with Crippen molar-refractivity contribution < 1.29 is 19.7 Å². The molecule has 4 saturated carbocycles. The fraction of sp³-hybridized carbons (Fsp3) is 0.929. The van der Waals surface area contributed by atoms with E-state index in [0.717, 1.165) is 25.7 Å². The number of carbonyl (C=O) groups excluding carboxylic acids is 1. The zero-order chi connectivity index (χ0) is 12.5. The molecule has 4 bridgehead atoms. The Hall–Kier alpha value is -0.450. The van der Waals surface area contributed by atoms with Gasteiger partial charge in [0.15, 0.2) is 5.79 Å². The molecular formula is C14H20O4. The van der Waals surface area contributed by atoms with Gasteiger partial charge in [0, 0.05) is 24.7 Å². The van der Waals surface area contributed by atoms with Crippen LogP contribution in [0.15, 0.2) is 0 Å². The Labute approximate surface area is 106 Å². The van der Waals surface area contributed by atoms with Crippen LogP contribution in [0.2, 0.25) is 0 Å². The number of ether oxygens (including phenoxy) is 1. The molecule has 0 spiro atoms. The number of hydrogen-bond donors (Lipinski definition) is 2. The molecule has 4 fully saturated rings. The number of aliphatic hydroxyl groups is 2. The molecule has 0 aliphatic heterocycles. The Morgan fingerprint density at radius 3 is 2.61 bits per heavy atom. The first-order chi connectivity index (χ1) is 8.55. The predicted octanol–water partition coefficient (Wildman–Crippen LogP) is 0.850. The molecule has 7 atom stereocenters. The molecule has 0 heterocycles. The summed E-state index contributed by atoms with van der Waals surface area (Å²) in [6.45, 7) is 0. The average molecular weight is 252 g/mol. The second-order valence-electron chi connectivity index (χ2n) is 6.83. The lowest BCUT2D eigenvalue weighted by Gasteiger charge is -2.38. The third-order valence-electron chi connectivity index (χ3n) is 5.65. The first kappa shape index (κ1) is 11.4. The van der Waals surface area contributed by atoms with Crippen molar-refractivity contribution in [1.29, 1.82) is 0 Å². The lowest BCUT2D eigenvalue weighted by Crippen LogP contribution is -2.48. The summed E-state index contributed by atoms with van der Waals surface area (Å²) < 4.78 is 5.94. The van der Waals surface area contributed by atoms with E-state index >= 15 is 0 Å². The van der Waals surface area contributed by atoms with Gasteiger partial charge in [-0.05, 0) is 37.5 Å². The van der Waals surface area contributed by atoms with Crippen molar-refractivity contribution in [3.63, 3.8) is 0 Å². The van der Waals surface area contributed by atoms with Gasteiger partial charge in [0.2, 0.25) is 0 Å².